The molecule has 212 valence electrons. The quantitative estimate of drug-likeness (QED) is 0.0921. The molecule has 0 radical (unpaired) electrons. The molecule has 0 aliphatic carbocycles. The molecule has 0 unspecified atom stereocenters. The summed E-state index contributed by atoms with van der Waals surface area (Å²) in [5.74, 6) is -3.23. The first-order valence-electron chi connectivity index (χ1n) is 11.9. The lowest BCUT2D eigenvalue weighted by Gasteiger charge is -2.31. The van der Waals surface area contributed by atoms with Gasteiger partial charge in [-0.2, -0.15) is 0 Å². The maximum absolute atomic E-state index is 12.4. The summed E-state index contributed by atoms with van der Waals surface area (Å²) in [5, 5.41) is 0. The van der Waals surface area contributed by atoms with Gasteiger partial charge in [0.2, 0.25) is 0 Å². The largest absolute Gasteiger partial charge is 0.465 e. The van der Waals surface area contributed by atoms with Crippen molar-refractivity contribution in [3.8, 4) is 0 Å². The maximum atomic E-state index is 12.4. The van der Waals surface area contributed by atoms with Crippen molar-refractivity contribution in [2.24, 2.45) is 10.8 Å². The van der Waals surface area contributed by atoms with Crippen LogP contribution in [0.3, 0.4) is 0 Å². The average Bonchev–Trinajstić information content (AvgIpc) is 2.95. The molecular weight excluding hydrogens is 500 g/mol. The molecular formula is C27H38O11. The van der Waals surface area contributed by atoms with Gasteiger partial charge in [0.25, 0.3) is 0 Å². The summed E-state index contributed by atoms with van der Waals surface area (Å²) < 4.78 is 31.5. The Hall–Kier alpha value is -3.73. The fourth-order valence-corrected chi connectivity index (χ4v) is 2.74. The molecule has 0 aliphatic heterocycles. The smallest absolute Gasteiger partial charge is 0.330 e. The van der Waals surface area contributed by atoms with E-state index in [0.717, 1.165) is 24.3 Å². The zero-order valence-corrected chi connectivity index (χ0v) is 22.2. The van der Waals surface area contributed by atoms with Gasteiger partial charge in [0.15, 0.2) is 0 Å². The zero-order valence-electron chi connectivity index (χ0n) is 22.2. The van der Waals surface area contributed by atoms with Gasteiger partial charge in [0, 0.05) is 24.3 Å². The lowest BCUT2D eigenvalue weighted by atomic mass is 9.88. The second-order valence-electron chi connectivity index (χ2n) is 8.42. The van der Waals surface area contributed by atoms with Crippen molar-refractivity contribution in [3.63, 3.8) is 0 Å². The number of ether oxygens (including phenoxy) is 6. The normalized spacial score (nSPS) is 10.9. The van der Waals surface area contributed by atoms with Crippen LogP contribution in [0.1, 0.15) is 33.1 Å². The first-order valence-corrected chi connectivity index (χ1v) is 11.9. The second kappa shape index (κ2) is 18.5. The van der Waals surface area contributed by atoms with Crippen molar-refractivity contribution in [1.82, 2.24) is 0 Å². The Bertz CT molecular complexity index is 811. The first-order chi connectivity index (χ1) is 18.0. The molecule has 0 atom stereocenters. The van der Waals surface area contributed by atoms with Crippen LogP contribution in [0.4, 0.5) is 0 Å². The SMILES string of the molecule is C=CC(=O)OCC(CC)(COCCC(=O)OCC(CC)(COC(=O)C=C)COC(=O)C=C)COC(=O)C=C. The van der Waals surface area contributed by atoms with E-state index in [0.29, 0.717) is 12.8 Å². The lowest BCUT2D eigenvalue weighted by molar-refractivity contribution is -0.159. The van der Waals surface area contributed by atoms with E-state index in [1.165, 1.54) is 0 Å². The number of carbonyl (C=O) groups excluding carboxylic acids is 5. The molecule has 0 saturated heterocycles. The van der Waals surface area contributed by atoms with Crippen LogP contribution < -0.4 is 0 Å². The van der Waals surface area contributed by atoms with Gasteiger partial charge >= 0.3 is 29.8 Å². The van der Waals surface area contributed by atoms with E-state index in [1.54, 1.807) is 6.92 Å². The molecule has 0 rings (SSSR count). The van der Waals surface area contributed by atoms with Crippen molar-refractivity contribution >= 4 is 29.8 Å². The van der Waals surface area contributed by atoms with E-state index in [-0.39, 0.29) is 52.7 Å². The van der Waals surface area contributed by atoms with Gasteiger partial charge in [0.1, 0.15) is 33.0 Å². The number of hydrogen-bond acceptors (Lipinski definition) is 11. The van der Waals surface area contributed by atoms with Gasteiger partial charge in [-0.1, -0.05) is 40.2 Å². The second-order valence-corrected chi connectivity index (χ2v) is 8.42. The molecule has 0 heterocycles. The van der Waals surface area contributed by atoms with Crippen LogP contribution >= 0.6 is 0 Å². The molecule has 0 bridgehead atoms. The van der Waals surface area contributed by atoms with E-state index in [9.17, 15) is 24.0 Å². The first kappa shape index (κ1) is 34.3. The fraction of sp³-hybridized carbons (Fsp3) is 0.519. The lowest BCUT2D eigenvalue weighted by Crippen LogP contribution is -2.39. The molecule has 0 spiro atoms. The maximum Gasteiger partial charge on any atom is 0.330 e. The molecule has 11 nitrogen and oxygen atoms in total. The molecule has 0 aromatic rings. The third-order valence-corrected chi connectivity index (χ3v) is 5.65. The van der Waals surface area contributed by atoms with Gasteiger partial charge in [-0.15, -0.1) is 0 Å². The van der Waals surface area contributed by atoms with E-state index in [2.05, 4.69) is 26.3 Å². The minimum absolute atomic E-state index is 0.0134. The molecule has 0 fully saturated rings. The Balaban J connectivity index is 5.06. The van der Waals surface area contributed by atoms with Gasteiger partial charge in [-0.05, 0) is 12.8 Å². The van der Waals surface area contributed by atoms with Gasteiger partial charge in [0.05, 0.1) is 30.5 Å². The molecule has 0 aromatic heterocycles. The Morgan fingerprint density at radius 1 is 0.553 bits per heavy atom. The highest BCUT2D eigenvalue weighted by Gasteiger charge is 2.34. The van der Waals surface area contributed by atoms with Crippen molar-refractivity contribution in [2.75, 3.05) is 46.2 Å². The van der Waals surface area contributed by atoms with Gasteiger partial charge in [-0.3, -0.25) is 4.79 Å². The summed E-state index contributed by atoms with van der Waals surface area (Å²) in [5.41, 5.74) is -1.84. The van der Waals surface area contributed by atoms with Crippen molar-refractivity contribution in [2.45, 2.75) is 33.1 Å². The topological polar surface area (TPSA) is 141 Å². The van der Waals surface area contributed by atoms with Crippen molar-refractivity contribution < 1.29 is 52.4 Å². The van der Waals surface area contributed by atoms with Gasteiger partial charge < -0.3 is 28.4 Å². The Morgan fingerprint density at radius 2 is 0.868 bits per heavy atom. The van der Waals surface area contributed by atoms with Gasteiger partial charge in [-0.25, -0.2) is 19.2 Å². The van der Waals surface area contributed by atoms with E-state index in [4.69, 9.17) is 28.4 Å². The number of hydrogen-bond donors (Lipinski definition) is 0. The molecule has 0 N–H and O–H groups in total. The van der Waals surface area contributed by atoms with E-state index >= 15 is 0 Å². The van der Waals surface area contributed by atoms with Crippen LogP contribution in [-0.4, -0.2) is 76.1 Å². The van der Waals surface area contributed by atoms with Crippen LogP contribution in [0.25, 0.3) is 0 Å². The van der Waals surface area contributed by atoms with Crippen LogP contribution in [0, 0.1) is 10.8 Å². The van der Waals surface area contributed by atoms with Crippen molar-refractivity contribution in [3.05, 3.63) is 50.6 Å². The average molecular weight is 539 g/mol. The fourth-order valence-electron chi connectivity index (χ4n) is 2.74. The standard InChI is InChI=1S/C27H38O11/c1-7-21(28)34-16-26(11-5,17-35-22(29)8-2)15-33-14-13-25(32)38-20-27(12-6,18-36-23(30)9-3)19-37-24(31)10-4/h7-10H,1-4,11-20H2,5-6H3. The summed E-state index contributed by atoms with van der Waals surface area (Å²) >= 11 is 0. The third kappa shape index (κ3) is 13.5. The molecule has 0 amide bonds. The third-order valence-electron chi connectivity index (χ3n) is 5.65. The van der Waals surface area contributed by atoms with Crippen LogP contribution in [0.2, 0.25) is 0 Å². The zero-order chi connectivity index (χ0) is 29.0. The Morgan fingerprint density at radius 3 is 1.18 bits per heavy atom. The molecule has 11 heteroatoms. The highest BCUT2D eigenvalue weighted by molar-refractivity contribution is 5.82. The summed E-state index contributed by atoms with van der Waals surface area (Å²) in [6.07, 6.45) is 4.67. The minimum atomic E-state index is -0.977. The Labute approximate surface area is 223 Å². The van der Waals surface area contributed by atoms with E-state index in [1.807, 2.05) is 6.92 Å². The number of esters is 5. The Kier molecular flexibility index (Phi) is 16.7. The highest BCUT2D eigenvalue weighted by Crippen LogP contribution is 2.26. The summed E-state index contributed by atoms with van der Waals surface area (Å²) in [7, 11) is 0. The highest BCUT2D eigenvalue weighted by atomic mass is 16.6. The molecule has 38 heavy (non-hydrogen) atoms. The predicted molar refractivity (Wildman–Crippen MR) is 136 cm³/mol. The van der Waals surface area contributed by atoms with Crippen LogP contribution in [0.15, 0.2) is 50.6 Å². The predicted octanol–water partition coefficient (Wildman–Crippen LogP) is 2.65. The molecule has 0 saturated carbocycles. The van der Waals surface area contributed by atoms with E-state index < -0.39 is 40.7 Å². The summed E-state index contributed by atoms with van der Waals surface area (Å²) in [6.45, 7) is 16.2. The summed E-state index contributed by atoms with van der Waals surface area (Å²) in [4.78, 5) is 58.5. The molecule has 0 aliphatic rings. The number of carbonyl (C=O) groups is 5. The number of rotatable bonds is 21. The summed E-state index contributed by atoms with van der Waals surface area (Å²) in [6, 6.07) is 0. The molecule has 0 aromatic carbocycles. The van der Waals surface area contributed by atoms with Crippen LogP contribution in [-0.2, 0) is 52.4 Å². The van der Waals surface area contributed by atoms with Crippen molar-refractivity contribution in [1.29, 1.82) is 0 Å². The van der Waals surface area contributed by atoms with Crippen LogP contribution in [0.5, 0.6) is 0 Å². The monoisotopic (exact) mass is 538 g/mol. The minimum Gasteiger partial charge on any atom is -0.465 e.